The van der Waals surface area contributed by atoms with E-state index in [1.165, 1.54) is 0 Å². The smallest absolute Gasteiger partial charge is 0.163 e. The second-order valence-electron chi connectivity index (χ2n) is 5.54. The summed E-state index contributed by atoms with van der Waals surface area (Å²) < 4.78 is 11.6. The molecule has 1 rings (SSSR count). The molecule has 1 fully saturated rings. The van der Waals surface area contributed by atoms with E-state index in [-0.39, 0.29) is 5.41 Å². The summed E-state index contributed by atoms with van der Waals surface area (Å²) in [6, 6.07) is 0. The van der Waals surface area contributed by atoms with Gasteiger partial charge in [-0.1, -0.05) is 20.8 Å². The van der Waals surface area contributed by atoms with Crippen molar-refractivity contribution in [2.75, 3.05) is 0 Å². The number of hydrogen-bond acceptors (Lipinski definition) is 2. The first-order chi connectivity index (χ1) is 5.71. The Morgan fingerprint density at radius 2 is 1.69 bits per heavy atom. The molecule has 78 valence electrons. The van der Waals surface area contributed by atoms with Crippen molar-refractivity contribution in [3.05, 3.63) is 0 Å². The zero-order valence-corrected chi connectivity index (χ0v) is 9.68. The topological polar surface area (TPSA) is 18.5 Å². The maximum absolute atomic E-state index is 5.89. The van der Waals surface area contributed by atoms with Gasteiger partial charge < -0.3 is 9.47 Å². The van der Waals surface area contributed by atoms with Gasteiger partial charge in [-0.25, -0.2) is 0 Å². The van der Waals surface area contributed by atoms with E-state index in [0.29, 0.717) is 12.2 Å². The fraction of sp³-hybridized carbons (Fsp3) is 1.00. The third-order valence-electron chi connectivity index (χ3n) is 2.42. The Hall–Kier alpha value is -0.0800. The van der Waals surface area contributed by atoms with Gasteiger partial charge in [0.15, 0.2) is 5.79 Å². The monoisotopic (exact) mass is 186 g/mol. The molecule has 0 radical (unpaired) electrons. The lowest BCUT2D eigenvalue weighted by molar-refractivity contribution is -0.311. The van der Waals surface area contributed by atoms with E-state index >= 15 is 0 Å². The lowest BCUT2D eigenvalue weighted by Crippen LogP contribution is -2.48. The van der Waals surface area contributed by atoms with Crippen molar-refractivity contribution in [3.8, 4) is 0 Å². The highest BCUT2D eigenvalue weighted by Crippen LogP contribution is 2.35. The number of ether oxygens (including phenoxy) is 2. The quantitative estimate of drug-likeness (QED) is 0.579. The molecule has 0 aromatic carbocycles. The van der Waals surface area contributed by atoms with Crippen LogP contribution in [0.25, 0.3) is 0 Å². The molecule has 1 heterocycles. The van der Waals surface area contributed by atoms with Gasteiger partial charge in [0.25, 0.3) is 0 Å². The van der Waals surface area contributed by atoms with Gasteiger partial charge in [-0.3, -0.25) is 0 Å². The van der Waals surface area contributed by atoms with Crippen molar-refractivity contribution in [2.24, 2.45) is 5.41 Å². The predicted molar refractivity (Wildman–Crippen MR) is 53.6 cm³/mol. The minimum Gasteiger partial charge on any atom is -0.347 e. The van der Waals surface area contributed by atoms with E-state index in [0.717, 1.165) is 6.42 Å². The first-order valence-corrected chi connectivity index (χ1v) is 5.06. The highest BCUT2D eigenvalue weighted by molar-refractivity contribution is 4.82. The van der Waals surface area contributed by atoms with Gasteiger partial charge in [-0.05, 0) is 26.2 Å². The minimum absolute atomic E-state index is 0.204. The van der Waals surface area contributed by atoms with Crippen molar-refractivity contribution in [3.63, 3.8) is 0 Å². The van der Waals surface area contributed by atoms with Crippen LogP contribution in [0.5, 0.6) is 0 Å². The number of rotatable bonds is 0. The molecular formula is C11H22O2. The fourth-order valence-corrected chi connectivity index (χ4v) is 1.78. The molecule has 2 unspecified atom stereocenters. The molecule has 0 N–H and O–H groups in total. The van der Waals surface area contributed by atoms with E-state index < -0.39 is 5.79 Å². The predicted octanol–water partition coefficient (Wildman–Crippen LogP) is 2.96. The van der Waals surface area contributed by atoms with Crippen molar-refractivity contribution in [2.45, 2.75) is 66.0 Å². The molecule has 1 aliphatic heterocycles. The second-order valence-corrected chi connectivity index (χ2v) is 5.54. The van der Waals surface area contributed by atoms with Crippen LogP contribution in [0.2, 0.25) is 0 Å². The van der Waals surface area contributed by atoms with Gasteiger partial charge >= 0.3 is 0 Å². The van der Waals surface area contributed by atoms with E-state index in [9.17, 15) is 0 Å². The Morgan fingerprint density at radius 1 is 1.15 bits per heavy atom. The normalized spacial score (nSPS) is 34.6. The molecule has 0 saturated carbocycles. The second kappa shape index (κ2) is 3.25. The molecule has 0 aromatic rings. The molecule has 2 heteroatoms. The van der Waals surface area contributed by atoms with E-state index in [1.54, 1.807) is 0 Å². The van der Waals surface area contributed by atoms with Crippen LogP contribution in [-0.2, 0) is 9.47 Å². The highest BCUT2D eigenvalue weighted by atomic mass is 16.7. The van der Waals surface area contributed by atoms with Gasteiger partial charge in [0.1, 0.15) is 0 Å². The maximum Gasteiger partial charge on any atom is 0.163 e. The van der Waals surface area contributed by atoms with E-state index in [2.05, 4.69) is 27.7 Å². The lowest BCUT2D eigenvalue weighted by atomic mass is 9.85. The molecule has 2 nitrogen and oxygen atoms in total. The highest BCUT2D eigenvalue weighted by Gasteiger charge is 2.38. The summed E-state index contributed by atoms with van der Waals surface area (Å²) in [6.45, 7) is 12.7. The summed E-state index contributed by atoms with van der Waals surface area (Å²) >= 11 is 0. The SMILES string of the molecule is CC1CC(C(C)(C)C)OC(C)(C)O1. The van der Waals surface area contributed by atoms with Crippen molar-refractivity contribution in [1.29, 1.82) is 0 Å². The summed E-state index contributed by atoms with van der Waals surface area (Å²) in [7, 11) is 0. The Bertz CT molecular complexity index is 179. The molecule has 0 spiro atoms. The molecule has 1 saturated heterocycles. The van der Waals surface area contributed by atoms with Crippen molar-refractivity contribution >= 4 is 0 Å². The fourth-order valence-electron chi connectivity index (χ4n) is 1.78. The molecular weight excluding hydrogens is 164 g/mol. The molecule has 1 aliphatic rings. The standard InChI is InChI=1S/C11H22O2/c1-8-7-9(10(2,3)4)13-11(5,6)12-8/h8-9H,7H2,1-6H3. The summed E-state index contributed by atoms with van der Waals surface area (Å²) in [5, 5.41) is 0. The van der Waals surface area contributed by atoms with Gasteiger partial charge in [0.2, 0.25) is 0 Å². The molecule has 0 aromatic heterocycles. The van der Waals surface area contributed by atoms with Crippen LogP contribution in [0.3, 0.4) is 0 Å². The molecule has 0 aliphatic carbocycles. The van der Waals surface area contributed by atoms with E-state index in [4.69, 9.17) is 9.47 Å². The average molecular weight is 186 g/mol. The first-order valence-electron chi connectivity index (χ1n) is 5.06. The zero-order chi connectivity index (χ0) is 10.3. The van der Waals surface area contributed by atoms with Crippen LogP contribution in [0.1, 0.15) is 48.0 Å². The third-order valence-corrected chi connectivity index (χ3v) is 2.42. The Balaban J connectivity index is 2.69. The van der Waals surface area contributed by atoms with Crippen LogP contribution in [0, 0.1) is 5.41 Å². The number of hydrogen-bond donors (Lipinski definition) is 0. The zero-order valence-electron chi connectivity index (χ0n) is 9.68. The van der Waals surface area contributed by atoms with Gasteiger partial charge in [-0.2, -0.15) is 0 Å². The summed E-state index contributed by atoms with van der Waals surface area (Å²) in [4.78, 5) is 0. The van der Waals surface area contributed by atoms with Gasteiger partial charge in [-0.15, -0.1) is 0 Å². The van der Waals surface area contributed by atoms with Crippen LogP contribution in [0.4, 0.5) is 0 Å². The van der Waals surface area contributed by atoms with E-state index in [1.807, 2.05) is 13.8 Å². The minimum atomic E-state index is -0.421. The summed E-state index contributed by atoms with van der Waals surface area (Å²) in [5.41, 5.74) is 0.204. The molecule has 0 bridgehead atoms. The summed E-state index contributed by atoms with van der Waals surface area (Å²) in [5.74, 6) is -0.421. The van der Waals surface area contributed by atoms with Gasteiger partial charge in [0, 0.05) is 6.42 Å². The third kappa shape index (κ3) is 2.96. The molecule has 13 heavy (non-hydrogen) atoms. The Morgan fingerprint density at radius 3 is 2.08 bits per heavy atom. The lowest BCUT2D eigenvalue weighted by Gasteiger charge is -2.44. The van der Waals surface area contributed by atoms with Crippen molar-refractivity contribution in [1.82, 2.24) is 0 Å². The Kier molecular flexibility index (Phi) is 2.75. The molecule has 2 atom stereocenters. The maximum atomic E-state index is 5.89. The van der Waals surface area contributed by atoms with Gasteiger partial charge in [0.05, 0.1) is 12.2 Å². The largest absolute Gasteiger partial charge is 0.347 e. The Labute approximate surface area is 81.6 Å². The summed E-state index contributed by atoms with van der Waals surface area (Å²) in [6.07, 6.45) is 1.59. The van der Waals surface area contributed by atoms with Crippen molar-refractivity contribution < 1.29 is 9.47 Å². The van der Waals surface area contributed by atoms with Crippen LogP contribution in [-0.4, -0.2) is 18.0 Å². The van der Waals surface area contributed by atoms with Crippen LogP contribution >= 0.6 is 0 Å². The first kappa shape index (κ1) is 11.0. The molecule has 0 amide bonds. The van der Waals surface area contributed by atoms with Crippen LogP contribution < -0.4 is 0 Å². The average Bonchev–Trinajstić information content (AvgIpc) is 1.79. The van der Waals surface area contributed by atoms with Crippen LogP contribution in [0.15, 0.2) is 0 Å².